The van der Waals surface area contributed by atoms with Gasteiger partial charge in [0.1, 0.15) is 6.61 Å². The van der Waals surface area contributed by atoms with Crippen molar-refractivity contribution >= 4 is 11.4 Å². The molecule has 1 atom stereocenters. The smallest absolute Gasteiger partial charge is 0.302 e. The average molecular weight is 206 g/mol. The monoisotopic (exact) mass is 206 g/mol. The summed E-state index contributed by atoms with van der Waals surface area (Å²) in [4.78, 5) is 0. The number of methoxy groups -OCH3 is 1. The number of rotatable bonds is 4. The molecule has 1 rings (SSSR count). The van der Waals surface area contributed by atoms with Crippen LogP contribution < -0.4 is 4.74 Å². The lowest BCUT2D eigenvalue weighted by molar-refractivity contribution is 0.292. The number of hydrogen-bond donors (Lipinski definition) is 1. The second-order valence-corrected chi connectivity index (χ2v) is 2.95. The van der Waals surface area contributed by atoms with Gasteiger partial charge in [-0.3, -0.25) is 8.74 Å². The van der Waals surface area contributed by atoms with Crippen LogP contribution in [0, 0.1) is 0 Å². The van der Waals surface area contributed by atoms with Gasteiger partial charge in [-0.2, -0.15) is 9.31 Å². The van der Waals surface area contributed by atoms with Crippen molar-refractivity contribution < 1.29 is 17.7 Å². The number of ether oxygens (including phenoxy) is 1. The Labute approximate surface area is 77.9 Å². The summed E-state index contributed by atoms with van der Waals surface area (Å²) in [6, 6.07) is 1.63. The van der Waals surface area contributed by atoms with Gasteiger partial charge < -0.3 is 4.74 Å². The van der Waals surface area contributed by atoms with Crippen molar-refractivity contribution in [2.75, 3.05) is 7.11 Å². The molecule has 7 heteroatoms. The average Bonchev–Trinajstić information content (AvgIpc) is 2.43. The second-order valence-electron chi connectivity index (χ2n) is 2.28. The molecule has 1 aromatic rings. The van der Waals surface area contributed by atoms with Crippen molar-refractivity contribution in [3.05, 3.63) is 11.8 Å². The Bertz CT molecular complexity index is 312. The maximum absolute atomic E-state index is 10.2. The largest absolute Gasteiger partial charge is 0.481 e. The Kier molecular flexibility index (Phi) is 3.40. The van der Waals surface area contributed by atoms with Gasteiger partial charge in [0, 0.05) is 13.1 Å². The zero-order chi connectivity index (χ0) is 9.84. The number of nitrogens with zero attached hydrogens (tertiary/aromatic N) is 2. The van der Waals surface area contributed by atoms with Crippen LogP contribution in [0.4, 0.5) is 0 Å². The molecule has 0 saturated heterocycles. The van der Waals surface area contributed by atoms with Gasteiger partial charge in [0.2, 0.25) is 5.88 Å². The van der Waals surface area contributed by atoms with E-state index in [-0.39, 0.29) is 6.61 Å². The van der Waals surface area contributed by atoms with E-state index in [9.17, 15) is 4.21 Å². The molecule has 1 unspecified atom stereocenters. The van der Waals surface area contributed by atoms with E-state index < -0.39 is 11.4 Å². The lowest BCUT2D eigenvalue weighted by Crippen LogP contribution is -1.98. The molecule has 1 heterocycles. The van der Waals surface area contributed by atoms with Crippen molar-refractivity contribution in [1.29, 1.82) is 0 Å². The summed E-state index contributed by atoms with van der Waals surface area (Å²) in [5, 5.41) is 3.97. The highest BCUT2D eigenvalue weighted by Gasteiger charge is 2.05. The molecule has 0 radical (unpaired) electrons. The Morgan fingerprint density at radius 2 is 2.46 bits per heavy atom. The fraction of sp³-hybridized carbons (Fsp3) is 0.500. The molecule has 0 saturated carbocycles. The van der Waals surface area contributed by atoms with Crippen LogP contribution in [0.1, 0.15) is 5.69 Å². The highest BCUT2D eigenvalue weighted by Crippen LogP contribution is 2.11. The molecule has 74 valence electrons. The first-order chi connectivity index (χ1) is 6.13. The van der Waals surface area contributed by atoms with Crippen molar-refractivity contribution in [3.63, 3.8) is 0 Å². The van der Waals surface area contributed by atoms with E-state index in [0.29, 0.717) is 11.6 Å². The van der Waals surface area contributed by atoms with Gasteiger partial charge in [-0.25, -0.2) is 4.68 Å². The summed E-state index contributed by atoms with van der Waals surface area (Å²) >= 11 is -2.26. The molecule has 0 aliphatic heterocycles. The first kappa shape index (κ1) is 10.2. The molecule has 0 spiro atoms. The summed E-state index contributed by atoms with van der Waals surface area (Å²) in [5.41, 5.74) is 0.543. The van der Waals surface area contributed by atoms with Gasteiger partial charge in [0.05, 0.1) is 12.8 Å². The highest BCUT2D eigenvalue weighted by molar-refractivity contribution is 7.74. The van der Waals surface area contributed by atoms with E-state index in [4.69, 9.17) is 9.29 Å². The highest BCUT2D eigenvalue weighted by atomic mass is 32.2. The van der Waals surface area contributed by atoms with E-state index in [1.807, 2.05) is 0 Å². The predicted molar refractivity (Wildman–Crippen MR) is 45.3 cm³/mol. The Hall–Kier alpha value is -0.920. The molecule has 1 N–H and O–H groups in total. The van der Waals surface area contributed by atoms with Gasteiger partial charge >= 0.3 is 11.4 Å². The first-order valence-electron chi connectivity index (χ1n) is 3.44. The lowest BCUT2D eigenvalue weighted by atomic mass is 10.5. The van der Waals surface area contributed by atoms with Gasteiger partial charge in [-0.1, -0.05) is 0 Å². The minimum atomic E-state index is -2.26. The van der Waals surface area contributed by atoms with Crippen LogP contribution in [0.25, 0.3) is 0 Å². The van der Waals surface area contributed by atoms with Gasteiger partial charge in [0.25, 0.3) is 0 Å². The van der Waals surface area contributed by atoms with E-state index in [1.54, 1.807) is 13.1 Å². The van der Waals surface area contributed by atoms with E-state index in [2.05, 4.69) is 9.28 Å². The Morgan fingerprint density at radius 3 is 2.92 bits per heavy atom. The fourth-order valence-electron chi connectivity index (χ4n) is 0.879. The Morgan fingerprint density at radius 1 is 1.77 bits per heavy atom. The van der Waals surface area contributed by atoms with Crippen molar-refractivity contribution in [3.8, 4) is 5.88 Å². The van der Waals surface area contributed by atoms with Crippen molar-refractivity contribution in [2.45, 2.75) is 6.61 Å². The third kappa shape index (κ3) is 2.79. The number of hydrogen-bond acceptors (Lipinski definition) is 4. The van der Waals surface area contributed by atoms with Gasteiger partial charge in [0.15, 0.2) is 0 Å². The molecule has 1 aromatic heterocycles. The normalized spacial score (nSPS) is 12.8. The SMILES string of the molecule is COc1cc(COS(=O)O)nn1C. The van der Waals surface area contributed by atoms with Gasteiger partial charge in [-0.05, 0) is 0 Å². The van der Waals surface area contributed by atoms with Crippen molar-refractivity contribution in [1.82, 2.24) is 9.78 Å². The summed E-state index contributed by atoms with van der Waals surface area (Å²) in [5.74, 6) is 0.572. The van der Waals surface area contributed by atoms with Crippen LogP contribution in [0.3, 0.4) is 0 Å². The molecule has 0 aliphatic carbocycles. The number of aryl methyl sites for hydroxylation is 1. The molecule has 0 fully saturated rings. The molecular formula is C6H10N2O4S. The molecular weight excluding hydrogens is 196 g/mol. The quantitative estimate of drug-likeness (QED) is 0.706. The molecule has 0 amide bonds. The topological polar surface area (TPSA) is 73.6 Å². The molecule has 6 nitrogen and oxygen atoms in total. The van der Waals surface area contributed by atoms with E-state index >= 15 is 0 Å². The second kappa shape index (κ2) is 4.35. The molecule has 0 aromatic carbocycles. The summed E-state index contributed by atoms with van der Waals surface area (Å²) in [6.45, 7) is -0.0136. The standard InChI is InChI=1S/C6H10N2O4S/c1-8-6(11-2)3-5(7-8)4-12-13(9)10/h3H,4H2,1-2H3,(H,9,10). The zero-order valence-corrected chi connectivity index (χ0v) is 8.08. The van der Waals surface area contributed by atoms with Crippen molar-refractivity contribution in [2.24, 2.45) is 7.05 Å². The van der Waals surface area contributed by atoms with Gasteiger partial charge in [-0.15, -0.1) is 0 Å². The molecule has 0 bridgehead atoms. The minimum absolute atomic E-state index is 0.0136. The molecule has 13 heavy (non-hydrogen) atoms. The number of aromatic nitrogens is 2. The van der Waals surface area contributed by atoms with Crippen LogP contribution in [-0.4, -0.2) is 25.7 Å². The summed E-state index contributed by atoms with van der Waals surface area (Å²) in [6.07, 6.45) is 0. The van der Waals surface area contributed by atoms with Crippen LogP contribution in [0.15, 0.2) is 6.07 Å². The third-order valence-corrected chi connectivity index (χ3v) is 1.72. The first-order valence-corrected chi connectivity index (χ1v) is 4.47. The van der Waals surface area contributed by atoms with Crippen LogP contribution in [-0.2, 0) is 29.2 Å². The third-order valence-electron chi connectivity index (χ3n) is 1.40. The van der Waals surface area contributed by atoms with Crippen LogP contribution in [0.2, 0.25) is 0 Å². The fourth-order valence-corrected chi connectivity index (χ4v) is 1.10. The van der Waals surface area contributed by atoms with E-state index in [1.165, 1.54) is 11.8 Å². The van der Waals surface area contributed by atoms with Crippen LogP contribution in [0.5, 0.6) is 5.88 Å². The predicted octanol–water partition coefficient (Wildman–Crippen LogP) is 0.0820. The summed E-state index contributed by atoms with van der Waals surface area (Å²) < 4.78 is 29.4. The maximum atomic E-state index is 10.2. The summed E-state index contributed by atoms with van der Waals surface area (Å²) in [7, 11) is 3.23. The Balaban J connectivity index is 2.62. The maximum Gasteiger partial charge on any atom is 0.302 e. The zero-order valence-electron chi connectivity index (χ0n) is 7.26. The molecule has 0 aliphatic rings. The lowest BCUT2D eigenvalue weighted by Gasteiger charge is -1.95. The van der Waals surface area contributed by atoms with Crippen LogP contribution >= 0.6 is 0 Å². The van der Waals surface area contributed by atoms with E-state index in [0.717, 1.165) is 0 Å². The minimum Gasteiger partial charge on any atom is -0.481 e.